The Morgan fingerprint density at radius 1 is 1.08 bits per heavy atom. The SMILES string of the molecule is CC(=O)n1cc(NC(=O)N2C[C@H](F)C[C@H]2C(=O)Nc2cccc(Br)n2)c2ccc(-c3cnc(C)nc3)cc21. The second-order valence-electron chi connectivity index (χ2n) is 8.95. The van der Waals surface area contributed by atoms with E-state index in [1.807, 2.05) is 12.1 Å². The van der Waals surface area contributed by atoms with E-state index in [0.29, 0.717) is 27.0 Å². The number of pyridine rings is 1. The van der Waals surface area contributed by atoms with Crippen molar-refractivity contribution >= 4 is 56.2 Å². The zero-order valence-corrected chi connectivity index (χ0v) is 22.1. The second kappa shape index (κ2) is 10.3. The summed E-state index contributed by atoms with van der Waals surface area (Å²) in [5.74, 6) is 0.134. The Balaban J connectivity index is 1.41. The maximum absolute atomic E-state index is 14.4. The number of aromatic nitrogens is 4. The molecule has 1 saturated heterocycles. The first-order valence-electron chi connectivity index (χ1n) is 11.8. The summed E-state index contributed by atoms with van der Waals surface area (Å²) in [4.78, 5) is 52.3. The lowest BCUT2D eigenvalue weighted by molar-refractivity contribution is -0.119. The molecule has 0 unspecified atom stereocenters. The third kappa shape index (κ3) is 5.12. The van der Waals surface area contributed by atoms with E-state index in [1.54, 1.807) is 43.6 Å². The molecule has 1 aliphatic heterocycles. The summed E-state index contributed by atoms with van der Waals surface area (Å²) in [6.45, 7) is 2.97. The van der Waals surface area contributed by atoms with Crippen LogP contribution in [0.5, 0.6) is 0 Å². The molecule has 2 atom stereocenters. The maximum atomic E-state index is 14.4. The van der Waals surface area contributed by atoms with E-state index in [9.17, 15) is 18.8 Å². The lowest BCUT2D eigenvalue weighted by Crippen LogP contribution is -2.45. The van der Waals surface area contributed by atoms with Gasteiger partial charge in [-0.25, -0.2) is 24.1 Å². The number of alkyl halides is 1. The van der Waals surface area contributed by atoms with Crippen LogP contribution in [0.25, 0.3) is 22.0 Å². The minimum Gasteiger partial charge on any atom is -0.309 e. The summed E-state index contributed by atoms with van der Waals surface area (Å²) in [7, 11) is 0. The van der Waals surface area contributed by atoms with Crippen LogP contribution in [0.3, 0.4) is 0 Å². The van der Waals surface area contributed by atoms with Crippen LogP contribution >= 0.6 is 15.9 Å². The van der Waals surface area contributed by atoms with Gasteiger partial charge in [-0.2, -0.15) is 0 Å². The Morgan fingerprint density at radius 3 is 2.55 bits per heavy atom. The van der Waals surface area contributed by atoms with E-state index in [1.165, 1.54) is 17.7 Å². The zero-order chi connectivity index (χ0) is 27.0. The van der Waals surface area contributed by atoms with Crippen LogP contribution < -0.4 is 10.6 Å². The van der Waals surface area contributed by atoms with E-state index in [0.717, 1.165) is 16.0 Å². The van der Waals surface area contributed by atoms with Crippen LogP contribution in [0.4, 0.5) is 20.7 Å². The Morgan fingerprint density at radius 2 is 1.84 bits per heavy atom. The molecule has 0 saturated carbocycles. The number of nitrogens with one attached hydrogen (secondary N) is 2. The first kappa shape index (κ1) is 25.5. The van der Waals surface area contributed by atoms with Crippen molar-refractivity contribution in [1.29, 1.82) is 0 Å². The van der Waals surface area contributed by atoms with E-state index in [2.05, 4.69) is 41.5 Å². The van der Waals surface area contributed by atoms with Crippen molar-refractivity contribution in [3.8, 4) is 11.1 Å². The first-order chi connectivity index (χ1) is 18.2. The van der Waals surface area contributed by atoms with Crippen molar-refractivity contribution in [3.63, 3.8) is 0 Å². The number of benzene rings is 1. The van der Waals surface area contributed by atoms with Gasteiger partial charge in [0, 0.05) is 42.9 Å². The summed E-state index contributed by atoms with van der Waals surface area (Å²) >= 11 is 3.24. The second-order valence-corrected chi connectivity index (χ2v) is 9.76. The third-order valence-corrected chi connectivity index (χ3v) is 6.72. The van der Waals surface area contributed by atoms with Crippen LogP contribution in [0.2, 0.25) is 0 Å². The smallest absolute Gasteiger partial charge is 0.309 e. The molecule has 1 fully saturated rings. The van der Waals surface area contributed by atoms with Crippen LogP contribution in [-0.4, -0.2) is 61.0 Å². The molecule has 10 nitrogen and oxygen atoms in total. The van der Waals surface area contributed by atoms with Crippen molar-refractivity contribution in [1.82, 2.24) is 24.4 Å². The minimum atomic E-state index is -1.36. The standard InChI is InChI=1S/C26H23BrFN7O3/c1-14-29-10-17(11-30-14)16-6-7-19-20(13-34(15(2)36)21(19)8-16)31-26(38)35-12-18(28)9-22(35)25(37)33-24-5-3-4-23(27)32-24/h3-8,10-11,13,18,22H,9,12H2,1-2H3,(H,31,38)(H,32,33,37)/t18-,22+/m1/s1. The normalized spacial score (nSPS) is 17.0. The van der Waals surface area contributed by atoms with Gasteiger partial charge < -0.3 is 15.5 Å². The molecule has 38 heavy (non-hydrogen) atoms. The van der Waals surface area contributed by atoms with Crippen molar-refractivity contribution in [2.45, 2.75) is 32.5 Å². The predicted molar refractivity (Wildman–Crippen MR) is 144 cm³/mol. The monoisotopic (exact) mass is 579 g/mol. The Hall–Kier alpha value is -4.19. The largest absolute Gasteiger partial charge is 0.322 e. The summed E-state index contributed by atoms with van der Waals surface area (Å²) in [5, 5.41) is 6.02. The molecule has 4 heterocycles. The molecule has 0 aliphatic carbocycles. The van der Waals surface area contributed by atoms with Gasteiger partial charge in [0.05, 0.1) is 17.7 Å². The molecular formula is C26H23BrFN7O3. The number of rotatable bonds is 4. The van der Waals surface area contributed by atoms with Crippen molar-refractivity contribution in [2.75, 3.05) is 17.2 Å². The molecule has 5 rings (SSSR count). The summed E-state index contributed by atoms with van der Waals surface area (Å²) in [5.41, 5.74) is 2.51. The predicted octanol–water partition coefficient (Wildman–Crippen LogP) is 4.81. The molecule has 1 aromatic carbocycles. The number of amides is 3. The molecule has 12 heteroatoms. The van der Waals surface area contributed by atoms with Crippen molar-refractivity contribution in [2.24, 2.45) is 0 Å². The maximum Gasteiger partial charge on any atom is 0.322 e. The molecule has 4 aromatic rings. The van der Waals surface area contributed by atoms with Crippen LogP contribution in [0.15, 0.2) is 59.6 Å². The number of nitrogens with zero attached hydrogens (tertiary/aromatic N) is 5. The van der Waals surface area contributed by atoms with E-state index >= 15 is 0 Å². The van der Waals surface area contributed by atoms with Crippen LogP contribution in [0, 0.1) is 6.92 Å². The Bertz CT molecular complexity index is 1560. The average molecular weight is 580 g/mol. The first-order valence-corrected chi connectivity index (χ1v) is 12.6. The van der Waals surface area contributed by atoms with Gasteiger partial charge in [0.1, 0.15) is 28.5 Å². The number of anilines is 2. The quantitative estimate of drug-likeness (QED) is 0.335. The molecule has 0 bridgehead atoms. The van der Waals surface area contributed by atoms with Gasteiger partial charge in [-0.1, -0.05) is 18.2 Å². The fourth-order valence-electron chi connectivity index (χ4n) is 4.44. The highest BCUT2D eigenvalue weighted by molar-refractivity contribution is 9.10. The van der Waals surface area contributed by atoms with Crippen molar-refractivity contribution in [3.05, 3.63) is 65.4 Å². The van der Waals surface area contributed by atoms with E-state index in [4.69, 9.17) is 0 Å². The average Bonchev–Trinajstić information content (AvgIpc) is 3.45. The highest BCUT2D eigenvalue weighted by Gasteiger charge is 2.40. The zero-order valence-electron chi connectivity index (χ0n) is 20.5. The summed E-state index contributed by atoms with van der Waals surface area (Å²) < 4.78 is 16.3. The molecule has 3 amide bonds. The molecule has 3 aromatic heterocycles. The third-order valence-electron chi connectivity index (χ3n) is 6.28. The topological polar surface area (TPSA) is 122 Å². The Kier molecular flexibility index (Phi) is 6.89. The molecule has 0 spiro atoms. The Labute approximate surface area is 225 Å². The van der Waals surface area contributed by atoms with Gasteiger partial charge in [0.2, 0.25) is 11.8 Å². The molecule has 194 valence electrons. The highest BCUT2D eigenvalue weighted by atomic mass is 79.9. The number of hydrogen-bond donors (Lipinski definition) is 2. The van der Waals surface area contributed by atoms with Gasteiger partial charge in [0.15, 0.2) is 0 Å². The number of hydrogen-bond acceptors (Lipinski definition) is 6. The number of carbonyl (C=O) groups is 3. The number of fused-ring (bicyclic) bond motifs is 1. The van der Waals surface area contributed by atoms with Gasteiger partial charge in [0.25, 0.3) is 0 Å². The van der Waals surface area contributed by atoms with E-state index in [-0.39, 0.29) is 24.7 Å². The minimum absolute atomic E-state index is 0.134. The molecule has 1 aliphatic rings. The molecule has 0 radical (unpaired) electrons. The number of urea groups is 1. The van der Waals surface area contributed by atoms with Gasteiger partial charge in [-0.3, -0.25) is 14.2 Å². The fourth-order valence-corrected chi connectivity index (χ4v) is 4.78. The lowest BCUT2D eigenvalue weighted by Gasteiger charge is -2.23. The van der Waals surface area contributed by atoms with Crippen LogP contribution in [0.1, 0.15) is 24.0 Å². The fraction of sp³-hybridized carbons (Fsp3) is 0.231. The highest BCUT2D eigenvalue weighted by Crippen LogP contribution is 2.31. The van der Waals surface area contributed by atoms with Crippen LogP contribution in [-0.2, 0) is 4.79 Å². The molecule has 2 N–H and O–H groups in total. The molecular weight excluding hydrogens is 557 g/mol. The number of aryl methyl sites for hydroxylation is 1. The van der Waals surface area contributed by atoms with Crippen molar-refractivity contribution < 1.29 is 18.8 Å². The van der Waals surface area contributed by atoms with E-state index < -0.39 is 24.2 Å². The number of carbonyl (C=O) groups excluding carboxylic acids is 3. The number of halogens is 2. The van der Waals surface area contributed by atoms with Gasteiger partial charge in [-0.05, 0) is 46.6 Å². The van der Waals surface area contributed by atoms with Gasteiger partial charge in [-0.15, -0.1) is 0 Å². The summed E-state index contributed by atoms with van der Waals surface area (Å²) in [6.07, 6.45) is 3.42. The lowest BCUT2D eigenvalue weighted by atomic mass is 10.1. The number of likely N-dealkylation sites (tertiary alicyclic amines) is 1. The van der Waals surface area contributed by atoms with Gasteiger partial charge >= 0.3 is 6.03 Å². The summed E-state index contributed by atoms with van der Waals surface area (Å²) in [6, 6.07) is 8.77.